The van der Waals surface area contributed by atoms with Crippen LogP contribution in [-0.2, 0) is 17.8 Å². The number of halogens is 1. The van der Waals surface area contributed by atoms with E-state index in [1.54, 1.807) is 19.4 Å². The van der Waals surface area contributed by atoms with Crippen LogP contribution in [-0.4, -0.2) is 66.7 Å². The van der Waals surface area contributed by atoms with Crippen molar-refractivity contribution in [3.63, 3.8) is 0 Å². The fourth-order valence-electron chi connectivity index (χ4n) is 5.33. The summed E-state index contributed by atoms with van der Waals surface area (Å²) in [5.74, 6) is 0.328. The Balaban J connectivity index is 0.00000207. The highest BCUT2D eigenvalue weighted by Crippen LogP contribution is 2.40. The number of nitrogens with zero attached hydrogens (tertiary/aromatic N) is 5. The van der Waals surface area contributed by atoms with E-state index in [4.69, 9.17) is 9.72 Å². The summed E-state index contributed by atoms with van der Waals surface area (Å²) in [6.45, 7) is 10.1. The molecular weight excluding hydrogens is 545 g/mol. The molecule has 4 aromatic rings. The quantitative estimate of drug-likeness (QED) is 0.206. The van der Waals surface area contributed by atoms with Crippen LogP contribution in [0.5, 0.6) is 5.75 Å². The van der Waals surface area contributed by atoms with Crippen molar-refractivity contribution in [3.05, 3.63) is 66.8 Å². The second kappa shape index (κ2) is 14.2. The lowest BCUT2D eigenvalue weighted by molar-refractivity contribution is -0.111. The maximum atomic E-state index is 14.4. The first-order chi connectivity index (χ1) is 20.8. The number of hydrogen-bond donors (Lipinski definition) is 2. The van der Waals surface area contributed by atoms with Gasteiger partial charge in [0.1, 0.15) is 11.6 Å². The second-order valence-corrected chi connectivity index (χ2v) is 10.5. The lowest BCUT2D eigenvalue weighted by Gasteiger charge is -2.26. The van der Waals surface area contributed by atoms with Gasteiger partial charge in [0.15, 0.2) is 0 Å². The van der Waals surface area contributed by atoms with E-state index < -0.39 is 0 Å². The predicted molar refractivity (Wildman–Crippen MR) is 174 cm³/mol. The number of ether oxygens (including phenoxy) is 1. The summed E-state index contributed by atoms with van der Waals surface area (Å²) in [6, 6.07) is 10.5. The molecule has 1 aliphatic rings. The second-order valence-electron chi connectivity index (χ2n) is 10.5. The van der Waals surface area contributed by atoms with Crippen LogP contribution in [0.1, 0.15) is 32.4 Å². The van der Waals surface area contributed by atoms with Crippen LogP contribution in [0, 0.1) is 5.82 Å². The molecule has 2 N–H and O–H groups in total. The van der Waals surface area contributed by atoms with Crippen molar-refractivity contribution in [2.45, 2.75) is 39.7 Å². The minimum atomic E-state index is -0.320. The summed E-state index contributed by atoms with van der Waals surface area (Å²) in [5.41, 5.74) is 5.82. The molecule has 2 aromatic heterocycles. The third-order valence-electron chi connectivity index (χ3n) is 7.39. The number of carbonyl (C=O) groups excluding carboxylic acids is 1. The number of anilines is 4. The number of carbonyl (C=O) groups is 1. The Morgan fingerprint density at radius 3 is 2.63 bits per heavy atom. The fourth-order valence-corrected chi connectivity index (χ4v) is 5.33. The molecule has 3 heterocycles. The highest BCUT2D eigenvalue weighted by Gasteiger charge is 2.23. The topological polar surface area (TPSA) is 87.5 Å². The number of nitrogens with one attached hydrogen (secondary N) is 2. The lowest BCUT2D eigenvalue weighted by Crippen LogP contribution is -2.29. The number of methoxy groups -OCH3 is 1. The Labute approximate surface area is 253 Å². The average molecular weight is 588 g/mol. The average Bonchev–Trinajstić information content (AvgIpc) is 3.34. The maximum absolute atomic E-state index is 14.4. The standard InChI is InChI=1S/C31H36FN7O2.C2H6/c1-6-29(40)34-23-18-24(28(41-5)19-27(23)38(4)16-15-37(2)3)36-31-33-13-12-22(35-31)30-21-17-20(32)10-11-25(21)39-14-8-7-9-26(30)39;1-2/h6,10-13,17-19H,1,7-9,14-16H2,2-5H3,(H,34,40)(H,33,35,36);1-2H3. The molecule has 43 heavy (non-hydrogen) atoms. The zero-order valence-electron chi connectivity index (χ0n) is 26.0. The first-order valence-corrected chi connectivity index (χ1v) is 14.7. The number of aromatic nitrogens is 3. The summed E-state index contributed by atoms with van der Waals surface area (Å²) in [7, 11) is 7.59. The molecule has 5 rings (SSSR count). The van der Waals surface area contributed by atoms with Gasteiger partial charge in [-0.1, -0.05) is 20.4 Å². The predicted octanol–water partition coefficient (Wildman–Crippen LogP) is 6.47. The molecule has 0 saturated heterocycles. The van der Waals surface area contributed by atoms with Gasteiger partial charge >= 0.3 is 0 Å². The third-order valence-corrected chi connectivity index (χ3v) is 7.39. The molecule has 0 unspecified atom stereocenters. The molecule has 0 radical (unpaired) electrons. The SMILES string of the molecule is C=CC(=O)Nc1cc(Nc2nccc(-c3c4n(c5ccc(F)cc35)CCCC4)n2)c(OC)cc1N(C)CCN(C)C.CC. The van der Waals surface area contributed by atoms with Crippen LogP contribution in [0.4, 0.5) is 27.4 Å². The maximum Gasteiger partial charge on any atom is 0.247 e. The van der Waals surface area contributed by atoms with Crippen LogP contribution >= 0.6 is 0 Å². The van der Waals surface area contributed by atoms with E-state index in [0.29, 0.717) is 28.8 Å². The van der Waals surface area contributed by atoms with Gasteiger partial charge in [0.2, 0.25) is 11.9 Å². The molecule has 0 fully saturated rings. The lowest BCUT2D eigenvalue weighted by atomic mass is 10.0. The number of rotatable bonds is 10. The van der Waals surface area contributed by atoms with Gasteiger partial charge in [0.25, 0.3) is 0 Å². The van der Waals surface area contributed by atoms with Crippen molar-refractivity contribution in [1.29, 1.82) is 0 Å². The van der Waals surface area contributed by atoms with Gasteiger partial charge in [-0.25, -0.2) is 14.4 Å². The van der Waals surface area contributed by atoms with E-state index in [9.17, 15) is 9.18 Å². The van der Waals surface area contributed by atoms with E-state index in [2.05, 4.69) is 36.6 Å². The smallest absolute Gasteiger partial charge is 0.247 e. The third kappa shape index (κ3) is 6.97. The minimum absolute atomic E-state index is 0.274. The molecule has 228 valence electrons. The van der Waals surface area contributed by atoms with Crippen LogP contribution in [0.2, 0.25) is 0 Å². The fraction of sp³-hybridized carbons (Fsp3) is 0.364. The van der Waals surface area contributed by atoms with Gasteiger partial charge in [0, 0.05) is 61.1 Å². The van der Waals surface area contributed by atoms with Crippen LogP contribution in [0.15, 0.2) is 55.3 Å². The first kappa shape index (κ1) is 31.5. The van der Waals surface area contributed by atoms with E-state index in [0.717, 1.165) is 61.1 Å². The van der Waals surface area contributed by atoms with Gasteiger partial charge in [0.05, 0.1) is 29.9 Å². The molecule has 0 aliphatic carbocycles. The van der Waals surface area contributed by atoms with Crippen LogP contribution < -0.4 is 20.3 Å². The van der Waals surface area contributed by atoms with Crippen molar-refractivity contribution in [3.8, 4) is 17.0 Å². The number of aryl methyl sites for hydroxylation is 1. The zero-order valence-corrected chi connectivity index (χ0v) is 26.0. The van der Waals surface area contributed by atoms with E-state index in [-0.39, 0.29) is 11.7 Å². The molecule has 1 aliphatic heterocycles. The molecule has 0 bridgehead atoms. The van der Waals surface area contributed by atoms with Crippen LogP contribution in [0.25, 0.3) is 22.2 Å². The van der Waals surface area contributed by atoms with Gasteiger partial charge < -0.3 is 29.7 Å². The van der Waals surface area contributed by atoms with E-state index in [1.165, 1.54) is 17.8 Å². The number of fused-ring (bicyclic) bond motifs is 3. The number of hydrogen-bond acceptors (Lipinski definition) is 7. The summed E-state index contributed by atoms with van der Waals surface area (Å²) in [6.07, 6.45) is 6.00. The molecule has 0 spiro atoms. The number of likely N-dealkylation sites (N-methyl/N-ethyl adjacent to an activating group) is 2. The van der Waals surface area contributed by atoms with Gasteiger partial charge in [-0.05, 0) is 69.8 Å². The Kier molecular flexibility index (Phi) is 10.4. The normalized spacial score (nSPS) is 12.3. The Bertz CT molecular complexity index is 1600. The minimum Gasteiger partial charge on any atom is -0.494 e. The number of amides is 1. The zero-order chi connectivity index (χ0) is 31.1. The van der Waals surface area contributed by atoms with Gasteiger partial charge in [-0.3, -0.25) is 4.79 Å². The summed E-state index contributed by atoms with van der Waals surface area (Å²) >= 11 is 0. The Morgan fingerprint density at radius 1 is 1.12 bits per heavy atom. The van der Waals surface area contributed by atoms with Crippen molar-refractivity contribution in [1.82, 2.24) is 19.4 Å². The highest BCUT2D eigenvalue weighted by atomic mass is 19.1. The van der Waals surface area contributed by atoms with Crippen molar-refractivity contribution in [2.75, 3.05) is 56.9 Å². The van der Waals surface area contributed by atoms with Crippen LogP contribution in [0.3, 0.4) is 0 Å². The number of benzene rings is 2. The largest absolute Gasteiger partial charge is 0.494 e. The van der Waals surface area contributed by atoms with E-state index >= 15 is 0 Å². The molecule has 9 nitrogen and oxygen atoms in total. The van der Waals surface area contributed by atoms with E-state index in [1.807, 2.05) is 59.3 Å². The Morgan fingerprint density at radius 2 is 1.91 bits per heavy atom. The van der Waals surface area contributed by atoms with Crippen molar-refractivity contribution < 1.29 is 13.9 Å². The molecule has 2 aromatic carbocycles. The molecular formula is C33H42FN7O2. The van der Waals surface area contributed by atoms with Crippen molar-refractivity contribution in [2.24, 2.45) is 0 Å². The molecule has 10 heteroatoms. The Hall–Kier alpha value is -4.44. The van der Waals surface area contributed by atoms with Gasteiger partial charge in [-0.15, -0.1) is 0 Å². The molecule has 0 saturated carbocycles. The summed E-state index contributed by atoms with van der Waals surface area (Å²) in [4.78, 5) is 25.8. The van der Waals surface area contributed by atoms with Gasteiger partial charge in [-0.2, -0.15) is 0 Å². The summed E-state index contributed by atoms with van der Waals surface area (Å²) < 4.78 is 22.4. The first-order valence-electron chi connectivity index (χ1n) is 14.7. The van der Waals surface area contributed by atoms with Crippen molar-refractivity contribution >= 4 is 39.8 Å². The molecule has 1 amide bonds. The monoisotopic (exact) mass is 587 g/mol. The molecule has 0 atom stereocenters. The highest BCUT2D eigenvalue weighted by molar-refractivity contribution is 6.02. The summed E-state index contributed by atoms with van der Waals surface area (Å²) in [5, 5.41) is 7.04.